The average Bonchev–Trinajstić information content (AvgIpc) is 2.33. The highest BCUT2D eigenvalue weighted by molar-refractivity contribution is 5.56. The molecule has 1 unspecified atom stereocenters. The van der Waals surface area contributed by atoms with Crippen LogP contribution in [-0.4, -0.2) is 25.7 Å². The van der Waals surface area contributed by atoms with Crippen molar-refractivity contribution in [3.63, 3.8) is 0 Å². The van der Waals surface area contributed by atoms with Crippen LogP contribution in [0.1, 0.15) is 24.8 Å². The highest BCUT2D eigenvalue weighted by atomic mass is 16.5. The monoisotopic (exact) mass is 232 g/mol. The molecule has 1 aromatic rings. The first kappa shape index (κ1) is 10.9. The first-order valence-corrected chi connectivity index (χ1v) is 6.52. The molecule has 0 saturated heterocycles. The Bertz CT molecular complexity index is 401. The lowest BCUT2D eigenvalue weighted by molar-refractivity contribution is 0.304. The molecular weight excluding hydrogens is 212 g/mol. The number of rotatable bonds is 3. The van der Waals surface area contributed by atoms with Gasteiger partial charge in [-0.05, 0) is 43.0 Å². The summed E-state index contributed by atoms with van der Waals surface area (Å²) >= 11 is 0. The SMILES string of the molecule is COc1ccc2c(c1)CC(NC1CCC1)CN2. The van der Waals surface area contributed by atoms with Crippen LogP contribution in [0.25, 0.3) is 0 Å². The van der Waals surface area contributed by atoms with E-state index in [0.717, 1.165) is 24.8 Å². The van der Waals surface area contributed by atoms with Crippen molar-refractivity contribution in [1.29, 1.82) is 0 Å². The topological polar surface area (TPSA) is 33.3 Å². The summed E-state index contributed by atoms with van der Waals surface area (Å²) in [6.07, 6.45) is 5.20. The van der Waals surface area contributed by atoms with Crippen LogP contribution in [0.4, 0.5) is 5.69 Å². The van der Waals surface area contributed by atoms with E-state index in [1.165, 1.54) is 30.5 Å². The summed E-state index contributed by atoms with van der Waals surface area (Å²) in [5.41, 5.74) is 2.63. The summed E-state index contributed by atoms with van der Waals surface area (Å²) in [5.74, 6) is 0.954. The lowest BCUT2D eigenvalue weighted by Crippen LogP contribution is -2.48. The van der Waals surface area contributed by atoms with Gasteiger partial charge >= 0.3 is 0 Å². The predicted octanol–water partition coefficient (Wildman–Crippen LogP) is 2.17. The van der Waals surface area contributed by atoms with E-state index in [1.54, 1.807) is 7.11 Å². The Labute approximate surface area is 103 Å². The van der Waals surface area contributed by atoms with Gasteiger partial charge in [-0.2, -0.15) is 0 Å². The molecule has 0 bridgehead atoms. The predicted molar refractivity (Wildman–Crippen MR) is 69.8 cm³/mol. The van der Waals surface area contributed by atoms with Crippen LogP contribution in [0.2, 0.25) is 0 Å². The summed E-state index contributed by atoms with van der Waals surface area (Å²) in [4.78, 5) is 0. The second-order valence-corrected chi connectivity index (χ2v) is 5.10. The van der Waals surface area contributed by atoms with Crippen molar-refractivity contribution in [2.75, 3.05) is 19.0 Å². The van der Waals surface area contributed by atoms with E-state index in [0.29, 0.717) is 6.04 Å². The number of anilines is 1. The lowest BCUT2D eigenvalue weighted by atomic mass is 9.90. The number of nitrogens with one attached hydrogen (secondary N) is 2. The molecule has 0 radical (unpaired) electrons. The van der Waals surface area contributed by atoms with Gasteiger partial charge in [-0.25, -0.2) is 0 Å². The largest absolute Gasteiger partial charge is 0.497 e. The molecule has 92 valence electrons. The molecule has 1 fully saturated rings. The van der Waals surface area contributed by atoms with Gasteiger partial charge in [0.25, 0.3) is 0 Å². The number of hydrogen-bond donors (Lipinski definition) is 2. The lowest BCUT2D eigenvalue weighted by Gasteiger charge is -2.34. The molecule has 1 heterocycles. The van der Waals surface area contributed by atoms with Gasteiger partial charge in [0.05, 0.1) is 7.11 Å². The van der Waals surface area contributed by atoms with Gasteiger partial charge in [0, 0.05) is 24.3 Å². The van der Waals surface area contributed by atoms with Crippen LogP contribution in [0.5, 0.6) is 5.75 Å². The Hall–Kier alpha value is -1.22. The Morgan fingerprint density at radius 1 is 1.29 bits per heavy atom. The zero-order chi connectivity index (χ0) is 11.7. The van der Waals surface area contributed by atoms with E-state index >= 15 is 0 Å². The average molecular weight is 232 g/mol. The van der Waals surface area contributed by atoms with Gasteiger partial charge in [0.1, 0.15) is 5.75 Å². The summed E-state index contributed by atoms with van der Waals surface area (Å²) in [7, 11) is 1.72. The Balaban J connectivity index is 1.69. The van der Waals surface area contributed by atoms with Gasteiger partial charge in [-0.1, -0.05) is 6.42 Å². The van der Waals surface area contributed by atoms with Gasteiger partial charge < -0.3 is 15.4 Å². The molecule has 1 atom stereocenters. The molecule has 2 N–H and O–H groups in total. The fourth-order valence-electron chi connectivity index (χ4n) is 2.64. The Morgan fingerprint density at radius 2 is 2.18 bits per heavy atom. The van der Waals surface area contributed by atoms with Crippen molar-refractivity contribution in [3.05, 3.63) is 23.8 Å². The molecule has 1 saturated carbocycles. The van der Waals surface area contributed by atoms with E-state index < -0.39 is 0 Å². The van der Waals surface area contributed by atoms with E-state index in [1.807, 2.05) is 6.07 Å². The van der Waals surface area contributed by atoms with Crippen molar-refractivity contribution in [2.24, 2.45) is 0 Å². The van der Waals surface area contributed by atoms with Crippen LogP contribution < -0.4 is 15.4 Å². The molecular formula is C14H20N2O. The van der Waals surface area contributed by atoms with Gasteiger partial charge in [0.15, 0.2) is 0 Å². The first-order valence-electron chi connectivity index (χ1n) is 6.52. The highest BCUT2D eigenvalue weighted by Gasteiger charge is 2.24. The molecule has 3 rings (SSSR count). The maximum Gasteiger partial charge on any atom is 0.119 e. The molecule has 3 nitrogen and oxygen atoms in total. The van der Waals surface area contributed by atoms with E-state index in [2.05, 4.69) is 22.8 Å². The summed E-state index contributed by atoms with van der Waals surface area (Å²) < 4.78 is 5.28. The van der Waals surface area contributed by atoms with Gasteiger partial charge in [0.2, 0.25) is 0 Å². The normalized spacial score (nSPS) is 23.5. The number of hydrogen-bond acceptors (Lipinski definition) is 3. The third-order valence-corrected chi connectivity index (χ3v) is 3.89. The Morgan fingerprint density at radius 3 is 2.88 bits per heavy atom. The minimum Gasteiger partial charge on any atom is -0.497 e. The van der Waals surface area contributed by atoms with Crippen molar-refractivity contribution >= 4 is 5.69 Å². The molecule has 1 aliphatic heterocycles. The second kappa shape index (κ2) is 4.57. The zero-order valence-electron chi connectivity index (χ0n) is 10.3. The molecule has 3 heteroatoms. The van der Waals surface area contributed by atoms with Crippen molar-refractivity contribution in [1.82, 2.24) is 5.32 Å². The quantitative estimate of drug-likeness (QED) is 0.838. The Kier molecular flexibility index (Phi) is 2.93. The minimum absolute atomic E-state index is 0.569. The maximum atomic E-state index is 5.28. The van der Waals surface area contributed by atoms with Gasteiger partial charge in [-0.15, -0.1) is 0 Å². The van der Waals surface area contributed by atoms with E-state index in [4.69, 9.17) is 4.74 Å². The van der Waals surface area contributed by atoms with Crippen molar-refractivity contribution < 1.29 is 4.74 Å². The van der Waals surface area contributed by atoms with E-state index in [-0.39, 0.29) is 0 Å². The number of methoxy groups -OCH3 is 1. The standard InChI is InChI=1S/C14H20N2O/c1-17-13-5-6-14-10(8-13)7-12(9-15-14)16-11-3-2-4-11/h5-6,8,11-12,15-16H,2-4,7,9H2,1H3. The van der Waals surface area contributed by atoms with E-state index in [9.17, 15) is 0 Å². The molecule has 1 aromatic carbocycles. The van der Waals surface area contributed by atoms with Crippen molar-refractivity contribution in [2.45, 2.75) is 37.8 Å². The maximum absolute atomic E-state index is 5.28. The summed E-state index contributed by atoms with van der Waals surface area (Å²) in [6, 6.07) is 7.62. The van der Waals surface area contributed by atoms with Crippen LogP contribution in [-0.2, 0) is 6.42 Å². The summed E-state index contributed by atoms with van der Waals surface area (Å²) in [6.45, 7) is 1.04. The fourth-order valence-corrected chi connectivity index (χ4v) is 2.64. The second-order valence-electron chi connectivity index (χ2n) is 5.10. The smallest absolute Gasteiger partial charge is 0.119 e. The first-order chi connectivity index (χ1) is 8.35. The third-order valence-electron chi connectivity index (χ3n) is 3.89. The molecule has 0 amide bonds. The van der Waals surface area contributed by atoms with Crippen LogP contribution in [0.3, 0.4) is 0 Å². The highest BCUT2D eigenvalue weighted by Crippen LogP contribution is 2.27. The zero-order valence-corrected chi connectivity index (χ0v) is 10.3. The number of ether oxygens (including phenoxy) is 1. The fraction of sp³-hybridized carbons (Fsp3) is 0.571. The van der Waals surface area contributed by atoms with Crippen LogP contribution in [0.15, 0.2) is 18.2 Å². The summed E-state index contributed by atoms with van der Waals surface area (Å²) in [5, 5.41) is 7.23. The minimum atomic E-state index is 0.569. The van der Waals surface area contributed by atoms with Gasteiger partial charge in [-0.3, -0.25) is 0 Å². The molecule has 1 aliphatic carbocycles. The molecule has 2 aliphatic rings. The third kappa shape index (κ3) is 2.25. The van der Waals surface area contributed by atoms with Crippen LogP contribution >= 0.6 is 0 Å². The molecule has 0 spiro atoms. The molecule has 17 heavy (non-hydrogen) atoms. The number of benzene rings is 1. The van der Waals surface area contributed by atoms with Crippen LogP contribution in [0, 0.1) is 0 Å². The number of fused-ring (bicyclic) bond motifs is 1. The molecule has 0 aromatic heterocycles. The van der Waals surface area contributed by atoms with Crippen molar-refractivity contribution in [3.8, 4) is 5.75 Å².